The zero-order valence-corrected chi connectivity index (χ0v) is 18.2. The van der Waals surface area contributed by atoms with Crippen molar-refractivity contribution < 1.29 is 9.21 Å². The summed E-state index contributed by atoms with van der Waals surface area (Å²) in [6.07, 6.45) is 3.24. The number of fused-ring (bicyclic) bond motifs is 1. The first-order valence-corrected chi connectivity index (χ1v) is 10.6. The number of halogens is 1. The molecule has 31 heavy (non-hydrogen) atoms. The number of amides is 1. The molecule has 5 rings (SSSR count). The van der Waals surface area contributed by atoms with Gasteiger partial charge in [0.1, 0.15) is 0 Å². The van der Waals surface area contributed by atoms with Crippen LogP contribution < -0.4 is 0 Å². The van der Waals surface area contributed by atoms with Gasteiger partial charge in [-0.25, -0.2) is 0 Å². The number of hydrazone groups is 1. The quantitative estimate of drug-likeness (QED) is 0.569. The molecule has 1 N–H and O–H groups in total. The van der Waals surface area contributed by atoms with Crippen LogP contribution in [0.2, 0.25) is 5.02 Å². The number of carbonyl (C=O) groups is 1. The van der Waals surface area contributed by atoms with E-state index in [1.165, 1.54) is 16.8 Å². The highest BCUT2D eigenvalue weighted by Crippen LogP contribution is 2.32. The van der Waals surface area contributed by atoms with Gasteiger partial charge in [-0.05, 0) is 73.6 Å². The van der Waals surface area contributed by atoms with Crippen LogP contribution in [-0.2, 0) is 4.79 Å². The van der Waals surface area contributed by atoms with E-state index in [1.807, 2.05) is 44.2 Å². The van der Waals surface area contributed by atoms with Crippen LogP contribution in [-0.4, -0.2) is 31.5 Å². The van der Waals surface area contributed by atoms with Crippen LogP contribution in [0, 0.1) is 19.3 Å². The Morgan fingerprint density at radius 2 is 2.03 bits per heavy atom. The minimum Gasteiger partial charge on any atom is -0.462 e. The molecule has 2 aliphatic heterocycles. The van der Waals surface area contributed by atoms with Crippen molar-refractivity contribution in [1.82, 2.24) is 9.58 Å². The molecule has 0 spiro atoms. The Morgan fingerprint density at radius 1 is 1.19 bits per heavy atom. The lowest BCUT2D eigenvalue weighted by atomic mass is 10.1. The third kappa shape index (κ3) is 3.34. The zero-order chi connectivity index (χ0) is 21.7. The van der Waals surface area contributed by atoms with Gasteiger partial charge in [-0.2, -0.15) is 15.1 Å². The summed E-state index contributed by atoms with van der Waals surface area (Å²) in [5.74, 6) is 0.0850. The molecule has 0 saturated carbocycles. The molecule has 154 valence electrons. The number of rotatable bonds is 3. The molecule has 0 aliphatic carbocycles. The first-order valence-electron chi connectivity index (χ1n) is 9.41. The summed E-state index contributed by atoms with van der Waals surface area (Å²) in [6.45, 7) is 3.95. The summed E-state index contributed by atoms with van der Waals surface area (Å²) in [5, 5.41) is 15.9. The average Bonchev–Trinajstić information content (AvgIpc) is 3.45. The normalized spacial score (nSPS) is 17.3. The number of aryl methyl sites for hydroxylation is 1. The molecule has 0 bridgehead atoms. The number of hydrogen-bond donors (Lipinski definition) is 1. The number of carbonyl (C=O) groups excluding carboxylic acids is 1. The first-order chi connectivity index (χ1) is 14.9. The van der Waals surface area contributed by atoms with Crippen molar-refractivity contribution in [3.8, 4) is 5.69 Å². The van der Waals surface area contributed by atoms with Gasteiger partial charge < -0.3 is 8.98 Å². The largest absolute Gasteiger partial charge is 0.462 e. The summed E-state index contributed by atoms with van der Waals surface area (Å²) in [4.78, 5) is 16.9. The van der Waals surface area contributed by atoms with E-state index in [0.29, 0.717) is 21.0 Å². The maximum Gasteiger partial charge on any atom is 0.283 e. The number of nitrogens with one attached hydrogen (secondary N) is 1. The van der Waals surface area contributed by atoms with E-state index in [2.05, 4.69) is 14.7 Å². The number of benzene rings is 1. The van der Waals surface area contributed by atoms with Crippen LogP contribution in [0.4, 0.5) is 0 Å². The lowest BCUT2D eigenvalue weighted by Crippen LogP contribution is -2.35. The lowest BCUT2D eigenvalue weighted by Gasteiger charge is -2.20. The Hall–Kier alpha value is -3.36. The summed E-state index contributed by atoms with van der Waals surface area (Å²) < 4.78 is 7.43. The van der Waals surface area contributed by atoms with Crippen LogP contribution in [0.3, 0.4) is 0 Å². The van der Waals surface area contributed by atoms with E-state index in [0.717, 1.165) is 22.6 Å². The van der Waals surface area contributed by atoms with E-state index in [-0.39, 0.29) is 11.4 Å². The number of aromatic nitrogens is 1. The van der Waals surface area contributed by atoms with E-state index in [4.69, 9.17) is 21.4 Å². The van der Waals surface area contributed by atoms with Gasteiger partial charge in [0.05, 0.1) is 11.8 Å². The van der Waals surface area contributed by atoms with Crippen molar-refractivity contribution in [1.29, 1.82) is 5.41 Å². The smallest absolute Gasteiger partial charge is 0.283 e. The molecular formula is C22H16ClN5O2S. The van der Waals surface area contributed by atoms with Crippen LogP contribution in [0.1, 0.15) is 22.7 Å². The number of thioether (sulfide) groups is 1. The molecule has 0 atom stereocenters. The Bertz CT molecular complexity index is 1330. The highest BCUT2D eigenvalue weighted by molar-refractivity contribution is 8.27. The molecule has 0 saturated heterocycles. The second kappa shape index (κ2) is 7.40. The van der Waals surface area contributed by atoms with Crippen molar-refractivity contribution >= 4 is 51.4 Å². The van der Waals surface area contributed by atoms with Gasteiger partial charge in [0.15, 0.2) is 16.6 Å². The fourth-order valence-corrected chi connectivity index (χ4v) is 4.64. The highest BCUT2D eigenvalue weighted by Gasteiger charge is 2.36. The van der Waals surface area contributed by atoms with Gasteiger partial charge in [0.2, 0.25) is 5.17 Å². The molecular weight excluding hydrogens is 434 g/mol. The molecule has 0 unspecified atom stereocenters. The Balaban J connectivity index is 1.53. The molecule has 3 aromatic rings. The van der Waals surface area contributed by atoms with Gasteiger partial charge in [-0.3, -0.25) is 10.2 Å². The minimum absolute atomic E-state index is 0.0170. The molecule has 2 aliphatic rings. The minimum atomic E-state index is -0.466. The molecule has 1 amide bonds. The predicted molar refractivity (Wildman–Crippen MR) is 123 cm³/mol. The topological polar surface area (TPSA) is 87.0 Å². The van der Waals surface area contributed by atoms with Gasteiger partial charge in [-0.15, -0.1) is 0 Å². The van der Waals surface area contributed by atoms with Gasteiger partial charge in [0.25, 0.3) is 5.91 Å². The van der Waals surface area contributed by atoms with Gasteiger partial charge in [0, 0.05) is 22.1 Å². The van der Waals surface area contributed by atoms with Crippen LogP contribution in [0.5, 0.6) is 0 Å². The zero-order valence-electron chi connectivity index (χ0n) is 16.6. The van der Waals surface area contributed by atoms with Crippen LogP contribution in [0.15, 0.2) is 68.8 Å². The third-order valence-corrected chi connectivity index (χ3v) is 6.18. The summed E-state index contributed by atoms with van der Waals surface area (Å²) in [6, 6.07) is 13.1. The van der Waals surface area contributed by atoms with E-state index >= 15 is 0 Å². The second-order valence-electron chi connectivity index (χ2n) is 7.04. The molecule has 0 radical (unpaired) electrons. The van der Waals surface area contributed by atoms with E-state index < -0.39 is 5.91 Å². The molecule has 2 aromatic heterocycles. The molecule has 4 heterocycles. The van der Waals surface area contributed by atoms with Crippen molar-refractivity contribution in [3.05, 3.63) is 82.0 Å². The highest BCUT2D eigenvalue weighted by atomic mass is 35.5. The Morgan fingerprint density at radius 3 is 2.77 bits per heavy atom. The Kier molecular flexibility index (Phi) is 4.68. The fourth-order valence-electron chi connectivity index (χ4n) is 3.59. The van der Waals surface area contributed by atoms with Crippen LogP contribution >= 0.6 is 23.4 Å². The standard InChI is InChI=1S/C22H16ClN5O2S/c1-12-9-14(13(2)27(12)16-6-3-5-15(23)11-16)10-17-19(24)28-22(25-20(17)29)31-21(26-28)18-7-4-8-30-18/h3-11,24H,1-2H3/b17-10+,24-19?. The number of nitrogens with zero attached hydrogens (tertiary/aromatic N) is 4. The van der Waals surface area contributed by atoms with Crippen molar-refractivity contribution in [2.75, 3.05) is 0 Å². The van der Waals surface area contributed by atoms with Crippen molar-refractivity contribution in [2.24, 2.45) is 10.1 Å². The summed E-state index contributed by atoms with van der Waals surface area (Å²) in [5.41, 5.74) is 3.85. The Labute approximate surface area is 187 Å². The summed E-state index contributed by atoms with van der Waals surface area (Å²) in [7, 11) is 0. The maximum absolute atomic E-state index is 12.7. The van der Waals surface area contributed by atoms with E-state index in [9.17, 15) is 4.79 Å². The molecule has 9 heteroatoms. The fraction of sp³-hybridized carbons (Fsp3) is 0.0909. The third-order valence-electron chi connectivity index (χ3n) is 5.02. The SMILES string of the molecule is Cc1cc(/C=C2\C(=N)N3N=C(c4ccco4)SC3=NC2=O)c(C)n1-c1cccc(Cl)c1. The summed E-state index contributed by atoms with van der Waals surface area (Å²) >= 11 is 7.36. The monoisotopic (exact) mass is 449 g/mol. The number of hydrogen-bond acceptors (Lipinski definition) is 5. The first kappa shape index (κ1) is 19.6. The van der Waals surface area contributed by atoms with Gasteiger partial charge in [-0.1, -0.05) is 17.7 Å². The maximum atomic E-state index is 12.7. The lowest BCUT2D eigenvalue weighted by molar-refractivity contribution is -0.114. The van der Waals surface area contributed by atoms with Gasteiger partial charge >= 0.3 is 0 Å². The number of aliphatic imine (C=N–C) groups is 1. The van der Waals surface area contributed by atoms with Crippen LogP contribution in [0.25, 0.3) is 11.8 Å². The molecule has 1 aromatic carbocycles. The molecule has 7 nitrogen and oxygen atoms in total. The van der Waals surface area contributed by atoms with Crippen molar-refractivity contribution in [3.63, 3.8) is 0 Å². The molecule has 0 fully saturated rings. The average molecular weight is 450 g/mol. The number of furan rings is 1. The second-order valence-corrected chi connectivity index (χ2v) is 8.44. The number of amidine groups is 2. The predicted octanol–water partition coefficient (Wildman–Crippen LogP) is 5.01. The van der Waals surface area contributed by atoms with E-state index in [1.54, 1.807) is 24.5 Å². The van der Waals surface area contributed by atoms with Crippen molar-refractivity contribution in [2.45, 2.75) is 13.8 Å².